The van der Waals surface area contributed by atoms with Crippen molar-refractivity contribution >= 4 is 29.1 Å². The molecule has 1 amide bonds. The minimum Gasteiger partial charge on any atom is -0.504 e. The van der Waals surface area contributed by atoms with Crippen LogP contribution in [0.25, 0.3) is 0 Å². The van der Waals surface area contributed by atoms with Crippen LogP contribution in [-0.2, 0) is 4.79 Å². The Morgan fingerprint density at radius 1 is 1.12 bits per heavy atom. The SMILES string of the molecule is COc1cc([C@H]2C(C(=O)Nc3cc(OC)c(Cl)cc3OC)=C(C)Nc3ncnn32)ccc1O. The van der Waals surface area contributed by atoms with Crippen molar-refractivity contribution in [2.45, 2.75) is 13.0 Å². The number of benzene rings is 2. The molecule has 3 aromatic rings. The molecule has 11 heteroatoms. The Morgan fingerprint density at radius 2 is 1.85 bits per heavy atom. The summed E-state index contributed by atoms with van der Waals surface area (Å²) in [6, 6.07) is 7.37. The molecule has 0 bridgehead atoms. The van der Waals surface area contributed by atoms with Gasteiger partial charge in [-0.15, -0.1) is 0 Å². The Bertz CT molecular complexity index is 1260. The van der Waals surface area contributed by atoms with Crippen molar-refractivity contribution in [3.05, 3.63) is 58.5 Å². The van der Waals surface area contributed by atoms with Gasteiger partial charge in [0.05, 0.1) is 37.6 Å². The van der Waals surface area contributed by atoms with E-state index in [9.17, 15) is 9.90 Å². The number of halogens is 1. The quantitative estimate of drug-likeness (QED) is 0.499. The summed E-state index contributed by atoms with van der Waals surface area (Å²) >= 11 is 6.19. The van der Waals surface area contributed by atoms with E-state index in [2.05, 4.69) is 20.7 Å². The van der Waals surface area contributed by atoms with Crippen LogP contribution < -0.4 is 24.8 Å². The number of amides is 1. The lowest BCUT2D eigenvalue weighted by Crippen LogP contribution is -2.31. The maximum Gasteiger partial charge on any atom is 0.255 e. The van der Waals surface area contributed by atoms with Gasteiger partial charge in [0.2, 0.25) is 5.95 Å². The van der Waals surface area contributed by atoms with Gasteiger partial charge in [-0.2, -0.15) is 10.1 Å². The topological polar surface area (TPSA) is 120 Å². The van der Waals surface area contributed by atoms with Crippen LogP contribution in [0.15, 0.2) is 47.9 Å². The molecule has 3 N–H and O–H groups in total. The number of aromatic nitrogens is 3. The number of aromatic hydroxyl groups is 1. The van der Waals surface area contributed by atoms with Gasteiger partial charge in [-0.1, -0.05) is 17.7 Å². The molecule has 0 aliphatic carbocycles. The highest BCUT2D eigenvalue weighted by Gasteiger charge is 2.34. The number of nitrogens with one attached hydrogen (secondary N) is 2. The van der Waals surface area contributed by atoms with Crippen molar-refractivity contribution in [1.82, 2.24) is 14.8 Å². The van der Waals surface area contributed by atoms with Crippen molar-refractivity contribution < 1.29 is 24.1 Å². The highest BCUT2D eigenvalue weighted by molar-refractivity contribution is 6.32. The number of phenolic OH excluding ortho intramolecular Hbond substituents is 1. The number of carbonyl (C=O) groups is 1. The van der Waals surface area contributed by atoms with E-state index in [1.165, 1.54) is 33.7 Å². The molecule has 2 heterocycles. The number of nitrogens with zero attached hydrogens (tertiary/aromatic N) is 3. The molecule has 172 valence electrons. The molecule has 1 aromatic heterocycles. The van der Waals surface area contributed by atoms with Crippen LogP contribution in [0.4, 0.5) is 11.6 Å². The van der Waals surface area contributed by atoms with Crippen molar-refractivity contribution in [2.75, 3.05) is 32.0 Å². The smallest absolute Gasteiger partial charge is 0.255 e. The second kappa shape index (κ2) is 8.91. The third-order valence-electron chi connectivity index (χ3n) is 5.28. The van der Waals surface area contributed by atoms with E-state index in [0.717, 1.165) is 0 Å². The summed E-state index contributed by atoms with van der Waals surface area (Å²) in [4.78, 5) is 17.8. The fraction of sp³-hybridized carbons (Fsp3) is 0.227. The fourth-order valence-electron chi connectivity index (χ4n) is 3.71. The van der Waals surface area contributed by atoms with Crippen LogP contribution in [0, 0.1) is 0 Å². The standard InChI is InChI=1S/C22H22ClN5O5/c1-11-19(21(30)27-14-9-16(31-2)13(23)8-17(14)32-3)20(28-22(26-11)24-10-25-28)12-5-6-15(29)18(7-12)33-4/h5-10,20,29H,1-4H3,(H,27,30)(H,24,25,26)/t20-/m0/s1. The molecular weight excluding hydrogens is 450 g/mol. The zero-order chi connectivity index (χ0) is 23.7. The maximum absolute atomic E-state index is 13.6. The maximum atomic E-state index is 13.6. The zero-order valence-electron chi connectivity index (χ0n) is 18.3. The molecule has 4 rings (SSSR count). The molecule has 33 heavy (non-hydrogen) atoms. The van der Waals surface area contributed by atoms with Crippen LogP contribution in [-0.4, -0.2) is 47.1 Å². The fourth-order valence-corrected chi connectivity index (χ4v) is 3.94. The van der Waals surface area contributed by atoms with E-state index in [-0.39, 0.29) is 11.5 Å². The Labute approximate surface area is 194 Å². The van der Waals surface area contributed by atoms with Gasteiger partial charge in [0.1, 0.15) is 23.9 Å². The lowest BCUT2D eigenvalue weighted by atomic mass is 9.94. The van der Waals surface area contributed by atoms with Crippen LogP contribution >= 0.6 is 11.6 Å². The van der Waals surface area contributed by atoms with Crippen molar-refractivity contribution in [2.24, 2.45) is 0 Å². The zero-order valence-corrected chi connectivity index (χ0v) is 19.1. The van der Waals surface area contributed by atoms with Crippen LogP contribution in [0.1, 0.15) is 18.5 Å². The molecule has 0 unspecified atom stereocenters. The third kappa shape index (κ3) is 4.00. The molecule has 10 nitrogen and oxygen atoms in total. The summed E-state index contributed by atoms with van der Waals surface area (Å²) in [5, 5.41) is 20.7. The predicted octanol–water partition coefficient (Wildman–Crippen LogP) is 3.59. The van der Waals surface area contributed by atoms with Gasteiger partial charge < -0.3 is 30.0 Å². The van der Waals surface area contributed by atoms with E-state index in [1.807, 2.05) is 0 Å². The first-order chi connectivity index (χ1) is 15.9. The molecule has 1 aliphatic heterocycles. The summed E-state index contributed by atoms with van der Waals surface area (Å²) in [5.41, 5.74) is 2.03. The lowest BCUT2D eigenvalue weighted by Gasteiger charge is -2.29. The number of anilines is 2. The molecular formula is C22H22ClN5O5. The Balaban J connectivity index is 1.79. The van der Waals surface area contributed by atoms with E-state index in [0.29, 0.717) is 45.0 Å². The number of carbonyl (C=O) groups excluding carboxylic acids is 1. The summed E-state index contributed by atoms with van der Waals surface area (Å²) < 4.78 is 17.5. The number of hydrogen-bond acceptors (Lipinski definition) is 8. The normalized spacial score (nSPS) is 14.9. The minimum atomic E-state index is -0.640. The first-order valence-corrected chi connectivity index (χ1v) is 10.2. The van der Waals surface area contributed by atoms with Gasteiger partial charge in [-0.05, 0) is 24.6 Å². The van der Waals surface area contributed by atoms with Gasteiger partial charge in [0, 0.05) is 17.8 Å². The number of phenols is 1. The van der Waals surface area contributed by atoms with E-state index in [1.54, 1.807) is 35.9 Å². The number of hydrogen-bond donors (Lipinski definition) is 3. The molecule has 1 atom stereocenters. The molecule has 2 aromatic carbocycles. The molecule has 0 spiro atoms. The van der Waals surface area contributed by atoms with Crippen molar-refractivity contribution in [3.8, 4) is 23.0 Å². The molecule has 0 radical (unpaired) electrons. The van der Waals surface area contributed by atoms with E-state index >= 15 is 0 Å². The highest BCUT2D eigenvalue weighted by Crippen LogP contribution is 2.40. The molecule has 0 saturated carbocycles. The number of allylic oxidation sites excluding steroid dienone is 1. The second-order valence-electron chi connectivity index (χ2n) is 7.17. The second-order valence-corrected chi connectivity index (χ2v) is 7.57. The van der Waals surface area contributed by atoms with Crippen molar-refractivity contribution in [1.29, 1.82) is 0 Å². The minimum absolute atomic E-state index is 0.0151. The average molecular weight is 472 g/mol. The number of rotatable bonds is 6. The third-order valence-corrected chi connectivity index (χ3v) is 5.58. The molecule has 0 saturated heterocycles. The Kier molecular flexibility index (Phi) is 6.01. The number of methoxy groups -OCH3 is 3. The van der Waals surface area contributed by atoms with E-state index in [4.69, 9.17) is 25.8 Å². The van der Waals surface area contributed by atoms with Gasteiger partial charge in [-0.3, -0.25) is 4.79 Å². The summed E-state index contributed by atoms with van der Waals surface area (Å²) in [6.45, 7) is 1.78. The highest BCUT2D eigenvalue weighted by atomic mass is 35.5. The van der Waals surface area contributed by atoms with E-state index < -0.39 is 11.9 Å². The average Bonchev–Trinajstić information content (AvgIpc) is 3.27. The van der Waals surface area contributed by atoms with Crippen LogP contribution in [0.5, 0.6) is 23.0 Å². The number of ether oxygens (including phenoxy) is 3. The monoisotopic (exact) mass is 471 g/mol. The Hall–Kier alpha value is -3.92. The number of fused-ring (bicyclic) bond motifs is 1. The first kappa shape index (κ1) is 22.3. The van der Waals surface area contributed by atoms with Crippen LogP contribution in [0.2, 0.25) is 5.02 Å². The van der Waals surface area contributed by atoms with Crippen LogP contribution in [0.3, 0.4) is 0 Å². The molecule has 1 aliphatic rings. The van der Waals surface area contributed by atoms with Gasteiger partial charge >= 0.3 is 0 Å². The molecule has 0 fully saturated rings. The van der Waals surface area contributed by atoms with Gasteiger partial charge in [0.25, 0.3) is 5.91 Å². The Morgan fingerprint density at radius 3 is 2.55 bits per heavy atom. The summed E-state index contributed by atoms with van der Waals surface area (Å²) in [6.07, 6.45) is 1.40. The van der Waals surface area contributed by atoms with Gasteiger partial charge in [-0.25, -0.2) is 4.68 Å². The largest absolute Gasteiger partial charge is 0.504 e. The summed E-state index contributed by atoms with van der Waals surface area (Å²) in [5.74, 6) is 1.10. The first-order valence-electron chi connectivity index (χ1n) is 9.85. The lowest BCUT2D eigenvalue weighted by molar-refractivity contribution is -0.113. The predicted molar refractivity (Wildman–Crippen MR) is 122 cm³/mol. The summed E-state index contributed by atoms with van der Waals surface area (Å²) in [7, 11) is 4.42. The van der Waals surface area contributed by atoms with Crippen molar-refractivity contribution in [3.63, 3.8) is 0 Å². The van der Waals surface area contributed by atoms with Gasteiger partial charge in [0.15, 0.2) is 11.5 Å².